The Kier molecular flexibility index (Phi) is 12.6. The molecule has 9 heteroatoms. The molecule has 0 aliphatic carbocycles. The van der Waals surface area contributed by atoms with Crippen LogP contribution < -0.4 is 20.5 Å². The van der Waals surface area contributed by atoms with Crippen molar-refractivity contribution in [2.24, 2.45) is 5.73 Å². The number of nitrogens with one attached hydrogen (secondary N) is 1. The summed E-state index contributed by atoms with van der Waals surface area (Å²) in [5.74, 6) is -1.02. The molecule has 5 N–H and O–H groups in total. The summed E-state index contributed by atoms with van der Waals surface area (Å²) in [6.07, 6.45) is 6.87. The van der Waals surface area contributed by atoms with Crippen molar-refractivity contribution in [3.05, 3.63) is 71.9 Å². The zero-order valence-corrected chi connectivity index (χ0v) is 22.1. The van der Waals surface area contributed by atoms with Crippen LogP contribution in [-0.2, 0) is 16.0 Å². The van der Waals surface area contributed by atoms with E-state index in [2.05, 4.69) is 48.4 Å². The third-order valence-corrected chi connectivity index (χ3v) is 5.67. The maximum Gasteiger partial charge on any atom is 0.328 e. The first-order valence-corrected chi connectivity index (χ1v) is 12.5. The van der Waals surface area contributed by atoms with E-state index in [-0.39, 0.29) is 0 Å². The Morgan fingerprint density at radius 1 is 1.11 bits per heavy atom. The monoisotopic (exact) mass is 523 g/mol. The molecule has 0 bridgehead atoms. The Morgan fingerprint density at radius 2 is 1.79 bits per heavy atom. The highest BCUT2D eigenvalue weighted by Gasteiger charge is 2.18. The van der Waals surface area contributed by atoms with E-state index in [1.54, 1.807) is 7.11 Å². The van der Waals surface area contributed by atoms with Gasteiger partial charge in [0.1, 0.15) is 0 Å². The molecule has 0 saturated carbocycles. The number of benzene rings is 2. The number of ether oxygens (including phenoxy) is 2. The van der Waals surface area contributed by atoms with Gasteiger partial charge in [-0.2, -0.15) is 0 Å². The van der Waals surface area contributed by atoms with Crippen LogP contribution in [0.2, 0.25) is 0 Å². The molecule has 0 aliphatic rings. The van der Waals surface area contributed by atoms with Crippen molar-refractivity contribution in [2.45, 2.75) is 45.6 Å². The van der Waals surface area contributed by atoms with Crippen LogP contribution >= 0.6 is 0 Å². The van der Waals surface area contributed by atoms with E-state index in [9.17, 15) is 9.59 Å². The molecule has 0 aliphatic heterocycles. The van der Waals surface area contributed by atoms with Gasteiger partial charge in [0, 0.05) is 30.5 Å². The van der Waals surface area contributed by atoms with Crippen LogP contribution in [0.25, 0.3) is 10.9 Å². The van der Waals surface area contributed by atoms with E-state index < -0.39 is 11.9 Å². The van der Waals surface area contributed by atoms with Gasteiger partial charge < -0.3 is 30.7 Å². The predicted octanol–water partition coefficient (Wildman–Crippen LogP) is 4.81. The molecule has 0 saturated heterocycles. The molecule has 0 fully saturated rings. The smallest absolute Gasteiger partial charge is 0.328 e. The number of pyridine rings is 1. The second-order valence-corrected chi connectivity index (χ2v) is 8.73. The van der Waals surface area contributed by atoms with Crippen LogP contribution in [0.1, 0.15) is 37.3 Å². The van der Waals surface area contributed by atoms with Gasteiger partial charge in [0.25, 0.3) is 0 Å². The van der Waals surface area contributed by atoms with E-state index in [0.717, 1.165) is 59.3 Å². The zero-order valence-electron chi connectivity index (χ0n) is 22.1. The van der Waals surface area contributed by atoms with Crippen LogP contribution in [0, 0.1) is 6.92 Å². The zero-order chi connectivity index (χ0) is 27.9. The summed E-state index contributed by atoms with van der Waals surface area (Å²) in [6, 6.07) is 14.8. The van der Waals surface area contributed by atoms with Crippen LogP contribution in [0.3, 0.4) is 0 Å². The first-order valence-electron chi connectivity index (χ1n) is 12.5. The highest BCUT2D eigenvalue weighted by Crippen LogP contribution is 2.41. The number of hydrogen-bond donors (Lipinski definition) is 4. The number of nitrogens with zero attached hydrogens (tertiary/aromatic N) is 1. The summed E-state index contributed by atoms with van der Waals surface area (Å²) >= 11 is 0. The molecule has 0 radical (unpaired) electrons. The van der Waals surface area contributed by atoms with Gasteiger partial charge in [0.15, 0.2) is 11.5 Å². The SMILES string of the molecule is COc1cc(NC(C)CCCN)c2nccc(C)c2c1OCCCc1ccccc1.O=C(O)/C=C/C(=O)O. The minimum absolute atomic E-state index is 0.293. The summed E-state index contributed by atoms with van der Waals surface area (Å²) in [5, 5.41) is 20.2. The number of aliphatic carboxylic acids is 2. The number of fused-ring (bicyclic) bond motifs is 1. The van der Waals surface area contributed by atoms with E-state index in [4.69, 9.17) is 25.4 Å². The molecule has 0 amide bonds. The van der Waals surface area contributed by atoms with Crippen molar-refractivity contribution in [2.75, 3.05) is 25.6 Å². The van der Waals surface area contributed by atoms with Crippen LogP contribution in [0.15, 0.2) is 60.8 Å². The predicted molar refractivity (Wildman–Crippen MR) is 149 cm³/mol. The number of rotatable bonds is 13. The molecule has 0 spiro atoms. The minimum atomic E-state index is -1.26. The van der Waals surface area contributed by atoms with Gasteiger partial charge in [-0.25, -0.2) is 9.59 Å². The molecule has 1 atom stereocenters. The highest BCUT2D eigenvalue weighted by molar-refractivity contribution is 5.99. The molecule has 38 heavy (non-hydrogen) atoms. The average molecular weight is 524 g/mol. The van der Waals surface area contributed by atoms with Crippen molar-refractivity contribution in [1.29, 1.82) is 0 Å². The number of aryl methyl sites for hydroxylation is 2. The van der Waals surface area contributed by atoms with Crippen molar-refractivity contribution in [1.82, 2.24) is 4.98 Å². The fourth-order valence-corrected chi connectivity index (χ4v) is 3.84. The average Bonchev–Trinajstić information content (AvgIpc) is 2.90. The van der Waals surface area contributed by atoms with E-state index in [1.165, 1.54) is 5.56 Å². The van der Waals surface area contributed by atoms with Crippen molar-refractivity contribution >= 4 is 28.5 Å². The molecule has 9 nitrogen and oxygen atoms in total. The lowest BCUT2D eigenvalue weighted by Crippen LogP contribution is -2.17. The highest BCUT2D eigenvalue weighted by atomic mass is 16.5. The Hall–Kier alpha value is -4.11. The first kappa shape index (κ1) is 30.1. The molecule has 204 valence electrons. The number of carboxylic acids is 2. The largest absolute Gasteiger partial charge is 0.493 e. The number of nitrogens with two attached hydrogens (primary N) is 1. The molecular formula is C29H37N3O6. The first-order chi connectivity index (χ1) is 18.3. The van der Waals surface area contributed by atoms with Gasteiger partial charge in [-0.1, -0.05) is 30.3 Å². The third-order valence-electron chi connectivity index (χ3n) is 5.67. The summed E-state index contributed by atoms with van der Waals surface area (Å²) < 4.78 is 12.0. The van der Waals surface area contributed by atoms with Crippen molar-refractivity contribution in [3.63, 3.8) is 0 Å². The topological polar surface area (TPSA) is 144 Å². The Morgan fingerprint density at radius 3 is 2.39 bits per heavy atom. The Bertz CT molecular complexity index is 1200. The summed E-state index contributed by atoms with van der Waals surface area (Å²) in [7, 11) is 1.69. The molecule has 3 aromatic rings. The van der Waals surface area contributed by atoms with Gasteiger partial charge in [0.05, 0.1) is 30.3 Å². The second-order valence-electron chi connectivity index (χ2n) is 8.73. The molecule has 1 aromatic heterocycles. The number of anilines is 1. The van der Waals surface area contributed by atoms with Crippen LogP contribution in [-0.4, -0.2) is 53.4 Å². The molecule has 3 rings (SSSR count). The van der Waals surface area contributed by atoms with Crippen molar-refractivity contribution in [3.8, 4) is 11.5 Å². The number of aromatic nitrogens is 1. The van der Waals surface area contributed by atoms with Gasteiger partial charge in [-0.15, -0.1) is 0 Å². The van der Waals surface area contributed by atoms with Gasteiger partial charge in [-0.05, 0) is 63.3 Å². The fourth-order valence-electron chi connectivity index (χ4n) is 3.84. The van der Waals surface area contributed by atoms with Gasteiger partial charge in [0.2, 0.25) is 0 Å². The van der Waals surface area contributed by atoms with E-state index in [1.807, 2.05) is 24.4 Å². The maximum absolute atomic E-state index is 9.55. The lowest BCUT2D eigenvalue weighted by molar-refractivity contribution is -0.134. The molecule has 2 aromatic carbocycles. The number of hydrogen-bond acceptors (Lipinski definition) is 7. The number of carboxylic acid groups (broad SMARTS) is 2. The molecule has 1 unspecified atom stereocenters. The molecular weight excluding hydrogens is 486 g/mol. The summed E-state index contributed by atoms with van der Waals surface area (Å²) in [6.45, 7) is 5.57. The maximum atomic E-state index is 9.55. The lowest BCUT2D eigenvalue weighted by Gasteiger charge is -2.20. The normalized spacial score (nSPS) is 11.5. The summed E-state index contributed by atoms with van der Waals surface area (Å²) in [4.78, 5) is 23.8. The van der Waals surface area contributed by atoms with Gasteiger partial charge in [-0.3, -0.25) is 4.98 Å². The summed E-state index contributed by atoms with van der Waals surface area (Å²) in [5.41, 5.74) is 9.98. The quantitative estimate of drug-likeness (QED) is 0.183. The van der Waals surface area contributed by atoms with Gasteiger partial charge >= 0.3 is 11.9 Å². The number of carbonyl (C=O) groups is 2. The van der Waals surface area contributed by atoms with E-state index >= 15 is 0 Å². The van der Waals surface area contributed by atoms with Crippen LogP contribution in [0.5, 0.6) is 11.5 Å². The van der Waals surface area contributed by atoms with E-state index in [0.29, 0.717) is 31.3 Å². The molecule has 1 heterocycles. The third kappa shape index (κ3) is 9.74. The van der Waals surface area contributed by atoms with Crippen LogP contribution in [0.4, 0.5) is 5.69 Å². The fraction of sp³-hybridized carbons (Fsp3) is 0.345. The Labute approximate surface area is 223 Å². The second kappa shape index (κ2) is 15.9. The van der Waals surface area contributed by atoms with Crippen molar-refractivity contribution < 1.29 is 29.3 Å². The Balaban J connectivity index is 0.000000550. The minimum Gasteiger partial charge on any atom is -0.493 e. The lowest BCUT2D eigenvalue weighted by atomic mass is 10.1. The standard InChI is InChI=1S/C25H33N3O2.C4H4O4/c1-18-13-15-27-24-21(28-19(2)9-7-14-26)17-22(29-3)25(23(18)24)30-16-8-12-20-10-5-4-6-11-20;5-3(6)1-2-4(7)8/h4-6,10-11,13,15,17,19,28H,7-9,12,14,16,26H2,1-3H3;1-2H,(H,5,6)(H,7,8)/b;2-1+. The number of methoxy groups -OCH3 is 1.